The van der Waals surface area contributed by atoms with Crippen LogP contribution in [0.4, 0.5) is 0 Å². The van der Waals surface area contributed by atoms with E-state index >= 15 is 0 Å². The van der Waals surface area contributed by atoms with Crippen LogP contribution in [-0.4, -0.2) is 19.7 Å². The van der Waals surface area contributed by atoms with Crippen molar-refractivity contribution in [2.45, 2.75) is 6.92 Å². The van der Waals surface area contributed by atoms with Gasteiger partial charge in [0, 0.05) is 12.3 Å². The monoisotopic (exact) mass is 364 g/mol. The summed E-state index contributed by atoms with van der Waals surface area (Å²) in [6.45, 7) is 1.85. The minimum Gasteiger partial charge on any atom is -0.226 e. The zero-order chi connectivity index (χ0) is 10.1. The molecule has 2 rings (SSSR count). The molecule has 14 heavy (non-hydrogen) atoms. The molecular weight excluding hydrogens is 359 g/mol. The highest BCUT2D eigenvalue weighted by Gasteiger charge is 2.03. The van der Waals surface area contributed by atoms with Crippen molar-refractivity contribution in [3.63, 3.8) is 0 Å². The predicted octanol–water partition coefficient (Wildman–Crippen LogP) is 2.34. The first-order chi connectivity index (χ1) is 6.65. The summed E-state index contributed by atoms with van der Waals surface area (Å²) in [5, 5.41) is 4.17. The molecule has 0 aliphatic carbocycles. The van der Waals surface area contributed by atoms with Crippen molar-refractivity contribution in [3.8, 4) is 5.82 Å². The molecule has 0 aromatic carbocycles. The fourth-order valence-corrected chi connectivity index (χ4v) is 1.91. The lowest BCUT2D eigenvalue weighted by Crippen LogP contribution is -2.00. The van der Waals surface area contributed by atoms with E-state index in [1.807, 2.05) is 19.2 Å². The Bertz CT molecular complexity index is 448. The van der Waals surface area contributed by atoms with E-state index in [1.54, 1.807) is 10.9 Å². The van der Waals surface area contributed by atoms with Crippen molar-refractivity contribution in [2.75, 3.05) is 0 Å². The molecule has 4 nitrogen and oxygen atoms in total. The van der Waals surface area contributed by atoms with Crippen LogP contribution >= 0.6 is 38.5 Å². The minimum absolute atomic E-state index is 0.722. The van der Waals surface area contributed by atoms with Crippen molar-refractivity contribution < 1.29 is 0 Å². The Labute approximate surface area is 103 Å². The first-order valence-corrected chi connectivity index (χ1v) is 5.74. The lowest BCUT2D eigenvalue weighted by molar-refractivity contribution is 0.824. The van der Waals surface area contributed by atoms with E-state index < -0.39 is 0 Å². The first-order valence-electron chi connectivity index (χ1n) is 3.87. The van der Waals surface area contributed by atoms with Crippen molar-refractivity contribution in [1.82, 2.24) is 19.7 Å². The second-order valence-corrected chi connectivity index (χ2v) is 4.76. The Kier molecular flexibility index (Phi) is 2.82. The van der Waals surface area contributed by atoms with E-state index in [-0.39, 0.29) is 0 Å². The third-order valence-corrected chi connectivity index (χ3v) is 2.54. The molecule has 0 aliphatic heterocycles. The molecule has 0 saturated heterocycles. The third-order valence-electron chi connectivity index (χ3n) is 1.58. The maximum atomic E-state index is 4.27. The number of hydrogen-bond acceptors (Lipinski definition) is 3. The number of hydrogen-bond donors (Lipinski definition) is 0. The average molecular weight is 365 g/mol. The van der Waals surface area contributed by atoms with Crippen molar-refractivity contribution >= 4 is 38.5 Å². The van der Waals surface area contributed by atoms with Crippen LogP contribution in [0.1, 0.15) is 5.82 Å². The van der Waals surface area contributed by atoms with Gasteiger partial charge in [-0.2, -0.15) is 5.10 Å². The summed E-state index contributed by atoms with van der Waals surface area (Å²) in [6, 6.07) is 1.83. The molecule has 0 fully saturated rings. The molecule has 0 N–H and O–H groups in total. The van der Waals surface area contributed by atoms with Crippen LogP contribution < -0.4 is 0 Å². The zero-order valence-corrected chi connectivity index (χ0v) is 11.0. The highest BCUT2D eigenvalue weighted by atomic mass is 127. The average Bonchev–Trinajstić information content (AvgIpc) is 2.50. The molecule has 2 aromatic rings. The second kappa shape index (κ2) is 3.93. The van der Waals surface area contributed by atoms with Crippen molar-refractivity contribution in [1.29, 1.82) is 0 Å². The maximum Gasteiger partial charge on any atom is 0.158 e. The van der Waals surface area contributed by atoms with Gasteiger partial charge < -0.3 is 0 Å². The Hall–Kier alpha value is -0.500. The number of nitrogens with zero attached hydrogens (tertiary/aromatic N) is 4. The van der Waals surface area contributed by atoms with Gasteiger partial charge in [0.25, 0.3) is 0 Å². The number of rotatable bonds is 1. The van der Waals surface area contributed by atoms with E-state index in [0.717, 1.165) is 19.8 Å². The van der Waals surface area contributed by atoms with E-state index in [1.165, 1.54) is 0 Å². The lowest BCUT2D eigenvalue weighted by Gasteiger charge is -2.01. The summed E-state index contributed by atoms with van der Waals surface area (Å²) in [5.41, 5.74) is 0. The summed E-state index contributed by atoms with van der Waals surface area (Å²) >= 11 is 5.53. The zero-order valence-electron chi connectivity index (χ0n) is 7.28. The van der Waals surface area contributed by atoms with Crippen LogP contribution in [0.25, 0.3) is 5.82 Å². The first kappa shape index (κ1) is 10.0. The summed E-state index contributed by atoms with van der Waals surface area (Å²) in [5.74, 6) is 1.49. The third kappa shape index (κ3) is 2.11. The topological polar surface area (TPSA) is 43.6 Å². The fraction of sp³-hybridized carbons (Fsp3) is 0.125. The van der Waals surface area contributed by atoms with E-state index in [0.29, 0.717) is 0 Å². The van der Waals surface area contributed by atoms with Crippen LogP contribution in [0.3, 0.4) is 0 Å². The van der Waals surface area contributed by atoms with Gasteiger partial charge in [-0.25, -0.2) is 14.6 Å². The van der Waals surface area contributed by atoms with Crippen molar-refractivity contribution in [2.24, 2.45) is 0 Å². The van der Waals surface area contributed by atoms with Gasteiger partial charge in [0.2, 0.25) is 0 Å². The molecule has 0 aliphatic rings. The molecule has 0 atom stereocenters. The van der Waals surface area contributed by atoms with Gasteiger partial charge in [-0.3, -0.25) is 0 Å². The molecular formula is C8H6BrIN4. The second-order valence-electron chi connectivity index (χ2n) is 2.70. The summed E-state index contributed by atoms with van der Waals surface area (Å²) in [4.78, 5) is 8.40. The molecule has 2 aromatic heterocycles. The largest absolute Gasteiger partial charge is 0.226 e. The SMILES string of the molecule is Cc1nc(Br)cc(-n2cc(I)cn2)n1. The summed E-state index contributed by atoms with van der Waals surface area (Å²) in [6.07, 6.45) is 3.70. The van der Waals surface area contributed by atoms with Gasteiger partial charge in [0.1, 0.15) is 10.4 Å². The van der Waals surface area contributed by atoms with Gasteiger partial charge in [-0.1, -0.05) is 0 Å². The van der Waals surface area contributed by atoms with Crippen LogP contribution in [0.15, 0.2) is 23.1 Å². The van der Waals surface area contributed by atoms with E-state index in [4.69, 9.17) is 0 Å². The Morgan fingerprint density at radius 3 is 2.79 bits per heavy atom. The molecule has 0 saturated carbocycles. The van der Waals surface area contributed by atoms with Gasteiger partial charge in [-0.15, -0.1) is 0 Å². The molecule has 0 radical (unpaired) electrons. The van der Waals surface area contributed by atoms with Crippen LogP contribution in [0.5, 0.6) is 0 Å². The molecule has 0 amide bonds. The van der Waals surface area contributed by atoms with Crippen LogP contribution in [0.2, 0.25) is 0 Å². The maximum absolute atomic E-state index is 4.27. The highest BCUT2D eigenvalue weighted by molar-refractivity contribution is 14.1. The van der Waals surface area contributed by atoms with Gasteiger partial charge in [0.05, 0.1) is 9.77 Å². The summed E-state index contributed by atoms with van der Waals surface area (Å²) in [7, 11) is 0. The molecule has 6 heteroatoms. The number of aromatic nitrogens is 4. The van der Waals surface area contributed by atoms with Crippen LogP contribution in [0, 0.1) is 10.5 Å². The summed E-state index contributed by atoms with van der Waals surface area (Å²) < 4.78 is 3.57. The van der Waals surface area contributed by atoms with Crippen molar-refractivity contribution in [3.05, 3.63) is 32.5 Å². The normalized spacial score (nSPS) is 10.5. The van der Waals surface area contributed by atoms with Crippen LogP contribution in [-0.2, 0) is 0 Å². The Morgan fingerprint density at radius 2 is 2.21 bits per heavy atom. The molecule has 2 heterocycles. The standard InChI is InChI=1S/C8H6BrIN4/c1-5-12-7(9)2-8(13-5)14-4-6(10)3-11-14/h2-4H,1H3. The molecule has 0 spiro atoms. The molecule has 0 bridgehead atoms. The Morgan fingerprint density at radius 1 is 1.43 bits per heavy atom. The van der Waals surface area contributed by atoms with E-state index in [9.17, 15) is 0 Å². The Balaban J connectivity index is 2.51. The molecule has 72 valence electrons. The highest BCUT2D eigenvalue weighted by Crippen LogP contribution is 2.12. The lowest BCUT2D eigenvalue weighted by atomic mass is 10.5. The number of aryl methyl sites for hydroxylation is 1. The quantitative estimate of drug-likeness (QED) is 0.576. The smallest absolute Gasteiger partial charge is 0.158 e. The van der Waals surface area contributed by atoms with E-state index in [2.05, 4.69) is 53.6 Å². The minimum atomic E-state index is 0.722. The predicted molar refractivity (Wildman–Crippen MR) is 64.3 cm³/mol. The van der Waals surface area contributed by atoms with Gasteiger partial charge >= 0.3 is 0 Å². The molecule has 0 unspecified atom stereocenters. The fourth-order valence-electron chi connectivity index (χ4n) is 1.06. The van der Waals surface area contributed by atoms with Gasteiger partial charge in [0.15, 0.2) is 5.82 Å². The number of halogens is 2. The van der Waals surface area contributed by atoms with Gasteiger partial charge in [-0.05, 0) is 45.4 Å².